The monoisotopic (exact) mass is 376 g/mol. The Morgan fingerprint density at radius 2 is 2.28 bits per heavy atom. The molecule has 1 aromatic rings. The molecule has 0 aliphatic carbocycles. The van der Waals surface area contributed by atoms with E-state index in [1.165, 1.54) is 12.8 Å². The second-order valence-corrected chi connectivity index (χ2v) is 6.32. The van der Waals surface area contributed by atoms with Crippen molar-refractivity contribution < 1.29 is 9.47 Å². The molecule has 0 radical (unpaired) electrons. The third kappa shape index (κ3) is 3.49. The van der Waals surface area contributed by atoms with Crippen LogP contribution in [0, 0.1) is 0 Å². The molecule has 1 heterocycles. The molecule has 1 aromatic carbocycles. The summed E-state index contributed by atoms with van der Waals surface area (Å²) in [5, 5.41) is 0. The first-order valence-corrected chi connectivity index (χ1v) is 8.11. The Morgan fingerprint density at radius 3 is 2.94 bits per heavy atom. The number of halogens is 2. The van der Waals surface area contributed by atoms with Gasteiger partial charge in [0.25, 0.3) is 0 Å². The number of hydrogen-bond donors (Lipinski definition) is 0. The average molecular weight is 378 g/mol. The van der Waals surface area contributed by atoms with Crippen molar-refractivity contribution in [2.75, 3.05) is 13.2 Å². The fraction of sp³-hybridized carbons (Fsp3) is 0.571. The lowest BCUT2D eigenvalue weighted by atomic mass is 10.0. The largest absolute Gasteiger partial charge is 0.494 e. The van der Waals surface area contributed by atoms with Crippen molar-refractivity contribution in [3.8, 4) is 5.75 Å². The molecule has 1 fully saturated rings. The molecule has 1 aliphatic rings. The summed E-state index contributed by atoms with van der Waals surface area (Å²) in [5.74, 6) is 0.941. The van der Waals surface area contributed by atoms with Gasteiger partial charge < -0.3 is 9.47 Å². The van der Waals surface area contributed by atoms with Crippen LogP contribution in [0.3, 0.4) is 0 Å². The van der Waals surface area contributed by atoms with E-state index in [1.54, 1.807) is 0 Å². The van der Waals surface area contributed by atoms with E-state index in [1.807, 2.05) is 19.1 Å². The minimum atomic E-state index is 0.192. The highest BCUT2D eigenvalue weighted by atomic mass is 79.9. The smallest absolute Gasteiger partial charge is 0.123 e. The van der Waals surface area contributed by atoms with E-state index in [-0.39, 0.29) is 10.9 Å². The van der Waals surface area contributed by atoms with Gasteiger partial charge in [0.05, 0.1) is 17.5 Å². The molecule has 2 atom stereocenters. The number of alkyl halides is 1. The van der Waals surface area contributed by atoms with Crippen LogP contribution in [0.2, 0.25) is 0 Å². The number of benzene rings is 1. The Kier molecular flexibility index (Phi) is 5.52. The highest BCUT2D eigenvalue weighted by Crippen LogP contribution is 2.39. The van der Waals surface area contributed by atoms with E-state index >= 15 is 0 Å². The maximum absolute atomic E-state index is 5.85. The van der Waals surface area contributed by atoms with Gasteiger partial charge in [-0.25, -0.2) is 0 Å². The van der Waals surface area contributed by atoms with Crippen LogP contribution in [0.5, 0.6) is 5.75 Å². The Morgan fingerprint density at radius 1 is 1.44 bits per heavy atom. The highest BCUT2D eigenvalue weighted by molar-refractivity contribution is 9.10. The molecule has 4 heteroatoms. The SMILES string of the molecule is CCOc1ccc(Br)cc1C(Br)C1CCCCO1. The summed E-state index contributed by atoms with van der Waals surface area (Å²) in [6.45, 7) is 3.55. The molecule has 2 unspecified atom stereocenters. The average Bonchev–Trinajstić information content (AvgIpc) is 2.41. The van der Waals surface area contributed by atoms with Crippen LogP contribution in [0.15, 0.2) is 22.7 Å². The molecule has 1 saturated heterocycles. The van der Waals surface area contributed by atoms with Crippen molar-refractivity contribution >= 4 is 31.9 Å². The van der Waals surface area contributed by atoms with Crippen molar-refractivity contribution in [1.29, 1.82) is 0 Å². The molecule has 2 rings (SSSR count). The number of hydrogen-bond acceptors (Lipinski definition) is 2. The molecule has 0 spiro atoms. The first-order valence-electron chi connectivity index (χ1n) is 6.40. The summed E-state index contributed by atoms with van der Waals surface area (Å²) >= 11 is 7.30. The molecule has 0 bridgehead atoms. The van der Waals surface area contributed by atoms with Crippen LogP contribution in [0.4, 0.5) is 0 Å². The molecular weight excluding hydrogens is 360 g/mol. The van der Waals surface area contributed by atoms with Crippen LogP contribution in [0.25, 0.3) is 0 Å². The van der Waals surface area contributed by atoms with Crippen LogP contribution in [-0.4, -0.2) is 19.3 Å². The second-order valence-electron chi connectivity index (χ2n) is 4.42. The summed E-state index contributed by atoms with van der Waals surface area (Å²) in [4.78, 5) is 0.192. The van der Waals surface area contributed by atoms with Crippen molar-refractivity contribution in [2.45, 2.75) is 37.1 Å². The van der Waals surface area contributed by atoms with Crippen molar-refractivity contribution in [3.63, 3.8) is 0 Å². The van der Waals surface area contributed by atoms with E-state index in [9.17, 15) is 0 Å². The first-order chi connectivity index (χ1) is 8.72. The molecule has 100 valence electrons. The third-order valence-electron chi connectivity index (χ3n) is 3.11. The summed E-state index contributed by atoms with van der Waals surface area (Å²) in [6, 6.07) is 6.14. The van der Waals surface area contributed by atoms with Gasteiger partial charge in [0.1, 0.15) is 5.75 Å². The minimum Gasteiger partial charge on any atom is -0.494 e. The third-order valence-corrected chi connectivity index (χ3v) is 4.69. The second kappa shape index (κ2) is 6.92. The van der Waals surface area contributed by atoms with E-state index in [4.69, 9.17) is 9.47 Å². The van der Waals surface area contributed by atoms with Gasteiger partial charge in [0, 0.05) is 16.6 Å². The Hall–Kier alpha value is -0.0600. The van der Waals surface area contributed by atoms with E-state index in [2.05, 4.69) is 37.9 Å². The maximum Gasteiger partial charge on any atom is 0.123 e. The van der Waals surface area contributed by atoms with Gasteiger partial charge in [-0.2, -0.15) is 0 Å². The van der Waals surface area contributed by atoms with Gasteiger partial charge >= 0.3 is 0 Å². The van der Waals surface area contributed by atoms with E-state index in [0.717, 1.165) is 28.8 Å². The van der Waals surface area contributed by atoms with Gasteiger partial charge in [-0.05, 0) is 44.4 Å². The zero-order chi connectivity index (χ0) is 13.0. The van der Waals surface area contributed by atoms with Crippen LogP contribution < -0.4 is 4.74 Å². The van der Waals surface area contributed by atoms with Crippen molar-refractivity contribution in [2.24, 2.45) is 0 Å². The van der Waals surface area contributed by atoms with Crippen molar-refractivity contribution in [3.05, 3.63) is 28.2 Å². The molecule has 0 N–H and O–H groups in total. The van der Waals surface area contributed by atoms with Gasteiger partial charge in [-0.3, -0.25) is 0 Å². The molecule has 18 heavy (non-hydrogen) atoms. The highest BCUT2D eigenvalue weighted by Gasteiger charge is 2.26. The zero-order valence-electron chi connectivity index (χ0n) is 10.5. The lowest BCUT2D eigenvalue weighted by molar-refractivity contribution is 0.0157. The predicted octanol–water partition coefficient (Wildman–Crippen LogP) is 4.85. The van der Waals surface area contributed by atoms with Crippen LogP contribution in [-0.2, 0) is 4.74 Å². The topological polar surface area (TPSA) is 18.5 Å². The Bertz CT molecular complexity index is 389. The molecule has 0 aromatic heterocycles. The molecule has 0 saturated carbocycles. The Balaban J connectivity index is 2.21. The normalized spacial score (nSPS) is 21.6. The van der Waals surface area contributed by atoms with Gasteiger partial charge in [-0.1, -0.05) is 31.9 Å². The van der Waals surface area contributed by atoms with Crippen LogP contribution in [0.1, 0.15) is 36.6 Å². The standard InChI is InChI=1S/C14H18Br2O2/c1-2-17-12-7-6-10(15)9-11(12)14(16)13-5-3-4-8-18-13/h6-7,9,13-14H,2-5,8H2,1H3. The van der Waals surface area contributed by atoms with Gasteiger partial charge in [0.15, 0.2) is 0 Å². The summed E-state index contributed by atoms with van der Waals surface area (Å²) in [5.41, 5.74) is 1.16. The lowest BCUT2D eigenvalue weighted by Crippen LogP contribution is -2.23. The van der Waals surface area contributed by atoms with Gasteiger partial charge in [-0.15, -0.1) is 0 Å². The fourth-order valence-electron chi connectivity index (χ4n) is 2.22. The zero-order valence-corrected chi connectivity index (χ0v) is 13.7. The molecule has 1 aliphatic heterocycles. The predicted molar refractivity (Wildman–Crippen MR) is 80.6 cm³/mol. The minimum absolute atomic E-state index is 0.192. The molecular formula is C14H18Br2O2. The summed E-state index contributed by atoms with van der Waals surface area (Å²) in [7, 11) is 0. The lowest BCUT2D eigenvalue weighted by Gasteiger charge is -2.28. The summed E-state index contributed by atoms with van der Waals surface area (Å²) < 4.78 is 12.6. The van der Waals surface area contributed by atoms with Crippen molar-refractivity contribution in [1.82, 2.24) is 0 Å². The number of ether oxygens (including phenoxy) is 2. The number of rotatable bonds is 4. The molecule has 0 amide bonds. The fourth-order valence-corrected chi connectivity index (χ4v) is 3.37. The maximum atomic E-state index is 5.85. The van der Waals surface area contributed by atoms with E-state index in [0.29, 0.717) is 6.61 Å². The first kappa shape index (κ1) is 14.4. The van der Waals surface area contributed by atoms with Crippen LogP contribution >= 0.6 is 31.9 Å². The quantitative estimate of drug-likeness (QED) is 0.698. The molecule has 2 nitrogen and oxygen atoms in total. The Labute approximate surface area is 125 Å². The summed E-state index contributed by atoms with van der Waals surface area (Å²) in [6.07, 6.45) is 3.76. The van der Waals surface area contributed by atoms with Gasteiger partial charge in [0.2, 0.25) is 0 Å². The van der Waals surface area contributed by atoms with E-state index < -0.39 is 0 Å².